The van der Waals surface area contributed by atoms with Gasteiger partial charge in [-0.15, -0.1) is 0 Å². The van der Waals surface area contributed by atoms with Gasteiger partial charge >= 0.3 is 5.97 Å². The topological polar surface area (TPSA) is 60.4 Å². The van der Waals surface area contributed by atoms with Gasteiger partial charge in [-0.3, -0.25) is 4.79 Å². The van der Waals surface area contributed by atoms with E-state index in [1.165, 1.54) is 24.3 Å². The number of carbonyl (C=O) groups excluding carboxylic acids is 1. The zero-order valence-corrected chi connectivity index (χ0v) is 11.8. The molecule has 1 fully saturated rings. The first kappa shape index (κ1) is 14.7. The zero-order chi connectivity index (χ0) is 14.8. The van der Waals surface area contributed by atoms with Crippen LogP contribution in [0.1, 0.15) is 13.3 Å². The molecule has 2 rings (SSSR count). The van der Waals surface area contributed by atoms with Gasteiger partial charge in [-0.25, -0.2) is 8.42 Å². The highest BCUT2D eigenvalue weighted by atomic mass is 32.2. The summed E-state index contributed by atoms with van der Waals surface area (Å²) in [4.78, 5) is 11.3. The Hall–Kier alpha value is -1.69. The minimum atomic E-state index is -4.11. The van der Waals surface area contributed by atoms with E-state index >= 15 is 0 Å². The maximum atomic E-state index is 13.9. The highest BCUT2D eigenvalue weighted by Gasteiger charge is 2.44. The summed E-state index contributed by atoms with van der Waals surface area (Å²) in [5.41, 5.74) is 0. The van der Waals surface area contributed by atoms with Crippen molar-refractivity contribution in [2.45, 2.75) is 18.2 Å². The molecule has 1 aromatic rings. The van der Waals surface area contributed by atoms with Gasteiger partial charge in [0.2, 0.25) is 15.0 Å². The first-order chi connectivity index (χ1) is 9.46. The first-order valence-electron chi connectivity index (χ1n) is 6.31. The number of carbonyl (C=O) groups is 1. The van der Waals surface area contributed by atoms with Crippen molar-refractivity contribution in [3.63, 3.8) is 0 Å². The van der Waals surface area contributed by atoms with Crippen LogP contribution < -0.4 is 0 Å². The van der Waals surface area contributed by atoms with Gasteiger partial charge in [-0.05, 0) is 37.5 Å². The molecule has 1 saturated carbocycles. The molecule has 0 heterocycles. The van der Waals surface area contributed by atoms with Crippen LogP contribution in [0, 0.1) is 11.8 Å². The predicted octanol–water partition coefficient (Wildman–Crippen LogP) is 2.47. The maximum absolute atomic E-state index is 13.9. The van der Waals surface area contributed by atoms with E-state index in [0.29, 0.717) is 6.42 Å². The maximum Gasteiger partial charge on any atom is 0.309 e. The van der Waals surface area contributed by atoms with Crippen LogP contribution in [0.5, 0.6) is 0 Å². The molecular weight excluding hydrogens is 283 g/mol. The molecule has 6 heteroatoms. The summed E-state index contributed by atoms with van der Waals surface area (Å²) in [6, 6.07) is 7.37. The SMILES string of the molecule is CCOC(=O)[C@@H]1C[C@H]1/C=C(\F)S(=O)(=O)c1ccccc1. The lowest BCUT2D eigenvalue weighted by molar-refractivity contribution is -0.144. The second-order valence-corrected chi connectivity index (χ2v) is 6.41. The van der Waals surface area contributed by atoms with Gasteiger partial charge in [0.15, 0.2) is 0 Å². The van der Waals surface area contributed by atoms with Crippen molar-refractivity contribution in [3.8, 4) is 0 Å². The van der Waals surface area contributed by atoms with E-state index in [4.69, 9.17) is 4.74 Å². The summed E-state index contributed by atoms with van der Waals surface area (Å²) in [6.45, 7) is 1.95. The van der Waals surface area contributed by atoms with Gasteiger partial charge in [0.05, 0.1) is 17.4 Å². The molecule has 0 bridgehead atoms. The summed E-state index contributed by atoms with van der Waals surface area (Å²) >= 11 is 0. The molecule has 0 N–H and O–H groups in total. The number of allylic oxidation sites excluding steroid dienone is 1. The van der Waals surface area contributed by atoms with E-state index < -0.39 is 32.8 Å². The highest BCUT2D eigenvalue weighted by Crippen LogP contribution is 2.42. The lowest BCUT2D eigenvalue weighted by Gasteiger charge is -2.01. The van der Waals surface area contributed by atoms with Crippen molar-refractivity contribution < 1.29 is 22.3 Å². The minimum Gasteiger partial charge on any atom is -0.466 e. The van der Waals surface area contributed by atoms with Crippen molar-refractivity contribution in [2.75, 3.05) is 6.61 Å². The van der Waals surface area contributed by atoms with Crippen molar-refractivity contribution in [3.05, 3.63) is 41.6 Å². The smallest absolute Gasteiger partial charge is 0.309 e. The molecule has 1 aliphatic rings. The van der Waals surface area contributed by atoms with Crippen molar-refractivity contribution in [1.82, 2.24) is 0 Å². The average Bonchev–Trinajstić information content (AvgIpc) is 3.19. The third-order valence-corrected chi connectivity index (χ3v) is 4.63. The Morgan fingerprint density at radius 2 is 2.05 bits per heavy atom. The lowest BCUT2D eigenvalue weighted by Crippen LogP contribution is -2.07. The third-order valence-electron chi connectivity index (χ3n) is 3.08. The number of esters is 1. The number of ether oxygens (including phenoxy) is 1. The molecule has 0 aromatic heterocycles. The van der Waals surface area contributed by atoms with E-state index in [9.17, 15) is 17.6 Å². The van der Waals surface area contributed by atoms with Crippen LogP contribution in [0.2, 0.25) is 0 Å². The number of rotatable bonds is 5. The quantitative estimate of drug-likeness (QED) is 0.784. The number of hydrogen-bond donors (Lipinski definition) is 0. The molecule has 0 aliphatic heterocycles. The Bertz CT molecular complexity index is 622. The summed E-state index contributed by atoms with van der Waals surface area (Å²) in [7, 11) is -4.11. The molecule has 0 amide bonds. The Morgan fingerprint density at radius 1 is 1.40 bits per heavy atom. The predicted molar refractivity (Wildman–Crippen MR) is 71.0 cm³/mol. The molecule has 20 heavy (non-hydrogen) atoms. The fourth-order valence-electron chi connectivity index (χ4n) is 1.89. The summed E-state index contributed by atoms with van der Waals surface area (Å²) < 4.78 is 42.6. The fourth-order valence-corrected chi connectivity index (χ4v) is 2.98. The summed E-state index contributed by atoms with van der Waals surface area (Å²) in [6.07, 6.45) is 1.43. The Labute approximate surface area is 117 Å². The lowest BCUT2D eigenvalue weighted by atomic mass is 10.3. The van der Waals surface area contributed by atoms with Crippen molar-refractivity contribution in [1.29, 1.82) is 0 Å². The average molecular weight is 298 g/mol. The van der Waals surface area contributed by atoms with Crippen molar-refractivity contribution >= 4 is 15.8 Å². The van der Waals surface area contributed by atoms with E-state index in [1.54, 1.807) is 13.0 Å². The van der Waals surface area contributed by atoms with Gasteiger partial charge < -0.3 is 4.74 Å². The first-order valence-corrected chi connectivity index (χ1v) is 7.79. The zero-order valence-electron chi connectivity index (χ0n) is 11.0. The number of benzene rings is 1. The highest BCUT2D eigenvalue weighted by molar-refractivity contribution is 7.95. The molecule has 0 spiro atoms. The van der Waals surface area contributed by atoms with E-state index in [2.05, 4.69) is 0 Å². The monoisotopic (exact) mass is 298 g/mol. The molecule has 0 saturated heterocycles. The second-order valence-electron chi connectivity index (χ2n) is 4.55. The Morgan fingerprint density at radius 3 is 2.65 bits per heavy atom. The van der Waals surface area contributed by atoms with Crippen LogP contribution in [0.15, 0.2) is 46.5 Å². The number of halogens is 1. The molecule has 108 valence electrons. The molecule has 2 atom stereocenters. The largest absolute Gasteiger partial charge is 0.466 e. The van der Waals surface area contributed by atoms with Gasteiger partial charge in [-0.1, -0.05) is 18.2 Å². The molecule has 0 unspecified atom stereocenters. The van der Waals surface area contributed by atoms with Crippen LogP contribution in [-0.2, 0) is 19.4 Å². The van der Waals surface area contributed by atoms with Crippen LogP contribution in [0.3, 0.4) is 0 Å². The Kier molecular flexibility index (Phi) is 4.23. The van der Waals surface area contributed by atoms with E-state index in [1.807, 2.05) is 0 Å². The minimum absolute atomic E-state index is 0.0953. The van der Waals surface area contributed by atoms with Crippen LogP contribution >= 0.6 is 0 Å². The van der Waals surface area contributed by atoms with Crippen LogP contribution in [-0.4, -0.2) is 21.0 Å². The third kappa shape index (κ3) is 3.07. The summed E-state index contributed by atoms with van der Waals surface area (Å²) in [5, 5.41) is -1.21. The van der Waals surface area contributed by atoms with Crippen LogP contribution in [0.25, 0.3) is 0 Å². The van der Waals surface area contributed by atoms with Crippen LogP contribution in [0.4, 0.5) is 4.39 Å². The van der Waals surface area contributed by atoms with E-state index in [0.717, 1.165) is 6.08 Å². The molecular formula is C14H15FO4S. The van der Waals surface area contributed by atoms with Crippen molar-refractivity contribution in [2.24, 2.45) is 11.8 Å². The second kappa shape index (κ2) is 5.75. The summed E-state index contributed by atoms with van der Waals surface area (Å²) in [5.74, 6) is -1.22. The number of hydrogen-bond acceptors (Lipinski definition) is 4. The van der Waals surface area contributed by atoms with E-state index in [-0.39, 0.29) is 11.5 Å². The molecule has 4 nitrogen and oxygen atoms in total. The molecule has 0 radical (unpaired) electrons. The standard InChI is InChI=1S/C14H15FO4S/c1-2-19-14(16)12-8-10(12)9-13(15)20(17,18)11-6-4-3-5-7-11/h3-7,9-10,12H,2,8H2,1H3/b13-9+/t10-,12+/m0/s1. The van der Waals surface area contributed by atoms with Gasteiger partial charge in [0.25, 0.3) is 0 Å². The normalized spacial score (nSPS) is 22.4. The van der Waals surface area contributed by atoms with Gasteiger partial charge in [0, 0.05) is 0 Å². The fraction of sp³-hybridized carbons (Fsp3) is 0.357. The molecule has 1 aromatic carbocycles. The van der Waals surface area contributed by atoms with Gasteiger partial charge in [-0.2, -0.15) is 4.39 Å². The molecule has 1 aliphatic carbocycles. The van der Waals surface area contributed by atoms with Gasteiger partial charge in [0.1, 0.15) is 0 Å². The number of sulfone groups is 1. The Balaban J connectivity index is 2.11.